The summed E-state index contributed by atoms with van der Waals surface area (Å²) in [5.74, 6) is -0.176. The fourth-order valence-electron chi connectivity index (χ4n) is 2.17. The Morgan fingerprint density at radius 2 is 1.90 bits per heavy atom. The van der Waals surface area contributed by atoms with Gasteiger partial charge in [-0.05, 0) is 54.4 Å². The lowest BCUT2D eigenvalue weighted by Gasteiger charge is -2.19. The Hall–Kier alpha value is -0.900. The summed E-state index contributed by atoms with van der Waals surface area (Å²) in [6.07, 6.45) is 0.598. The number of likely N-dealkylation sites (N-methyl/N-ethyl adjacent to an activating group) is 1. The van der Waals surface area contributed by atoms with Crippen LogP contribution in [0.1, 0.15) is 24.1 Å². The predicted octanol–water partition coefficient (Wildman–Crippen LogP) is 5.13. The molecule has 0 heterocycles. The van der Waals surface area contributed by atoms with Gasteiger partial charge in [0.05, 0.1) is 0 Å². The zero-order valence-electron chi connectivity index (χ0n) is 11.2. The molecule has 0 bridgehead atoms. The molecule has 0 fully saturated rings. The standard InChI is InChI=1S/C16H16BrClFN/c1-2-20-16(11-3-6-14(18)7-4-11)10-12-9-13(17)5-8-15(12)19/h3-9,16,20H,2,10H2,1H3. The summed E-state index contributed by atoms with van der Waals surface area (Å²) >= 11 is 9.30. The molecule has 1 unspecified atom stereocenters. The first-order valence-electron chi connectivity index (χ1n) is 6.53. The Labute approximate surface area is 132 Å². The molecule has 0 aliphatic heterocycles. The van der Waals surface area contributed by atoms with E-state index < -0.39 is 0 Å². The van der Waals surface area contributed by atoms with E-state index in [0.29, 0.717) is 17.0 Å². The van der Waals surface area contributed by atoms with Crippen LogP contribution in [-0.2, 0) is 6.42 Å². The average molecular weight is 357 g/mol. The molecule has 0 aromatic heterocycles. The van der Waals surface area contributed by atoms with Gasteiger partial charge in [-0.2, -0.15) is 0 Å². The largest absolute Gasteiger partial charge is 0.310 e. The minimum absolute atomic E-state index is 0.0704. The van der Waals surface area contributed by atoms with E-state index in [4.69, 9.17) is 11.6 Å². The molecule has 2 aromatic carbocycles. The van der Waals surface area contributed by atoms with Gasteiger partial charge in [-0.1, -0.05) is 46.6 Å². The van der Waals surface area contributed by atoms with Crippen molar-refractivity contribution in [1.82, 2.24) is 5.32 Å². The number of halogens is 3. The van der Waals surface area contributed by atoms with E-state index in [0.717, 1.165) is 16.6 Å². The number of hydrogen-bond donors (Lipinski definition) is 1. The summed E-state index contributed by atoms with van der Waals surface area (Å²) in [5.41, 5.74) is 1.80. The monoisotopic (exact) mass is 355 g/mol. The number of hydrogen-bond acceptors (Lipinski definition) is 1. The molecule has 0 aliphatic carbocycles. The highest BCUT2D eigenvalue weighted by Gasteiger charge is 2.14. The highest BCUT2D eigenvalue weighted by atomic mass is 79.9. The highest BCUT2D eigenvalue weighted by molar-refractivity contribution is 9.10. The van der Waals surface area contributed by atoms with Gasteiger partial charge < -0.3 is 5.32 Å². The maximum atomic E-state index is 13.9. The van der Waals surface area contributed by atoms with Crippen molar-refractivity contribution in [2.24, 2.45) is 0 Å². The Kier molecular flexibility index (Phi) is 5.58. The van der Waals surface area contributed by atoms with Crippen LogP contribution in [-0.4, -0.2) is 6.54 Å². The molecule has 2 rings (SSSR count). The van der Waals surface area contributed by atoms with Crippen molar-refractivity contribution in [3.63, 3.8) is 0 Å². The molecule has 0 spiro atoms. The molecule has 0 saturated carbocycles. The van der Waals surface area contributed by atoms with Crippen LogP contribution in [0.3, 0.4) is 0 Å². The quantitative estimate of drug-likeness (QED) is 0.782. The van der Waals surface area contributed by atoms with Crippen molar-refractivity contribution in [1.29, 1.82) is 0 Å². The highest BCUT2D eigenvalue weighted by Crippen LogP contribution is 2.24. The van der Waals surface area contributed by atoms with E-state index in [2.05, 4.69) is 21.2 Å². The third-order valence-electron chi connectivity index (χ3n) is 3.15. The molecule has 1 nitrogen and oxygen atoms in total. The summed E-state index contributed by atoms with van der Waals surface area (Å²) in [5, 5.41) is 4.09. The van der Waals surface area contributed by atoms with E-state index in [1.165, 1.54) is 6.07 Å². The molecule has 4 heteroatoms. The SMILES string of the molecule is CCNC(Cc1cc(Br)ccc1F)c1ccc(Cl)cc1. The van der Waals surface area contributed by atoms with Crippen LogP contribution in [0, 0.1) is 5.82 Å². The first-order chi connectivity index (χ1) is 9.60. The third kappa shape index (κ3) is 4.05. The summed E-state index contributed by atoms with van der Waals surface area (Å²) in [6.45, 7) is 2.86. The summed E-state index contributed by atoms with van der Waals surface area (Å²) in [6, 6.07) is 12.8. The van der Waals surface area contributed by atoms with Crippen LogP contribution in [0.15, 0.2) is 46.9 Å². The van der Waals surface area contributed by atoms with E-state index in [9.17, 15) is 4.39 Å². The van der Waals surface area contributed by atoms with Crippen LogP contribution in [0.4, 0.5) is 4.39 Å². The third-order valence-corrected chi connectivity index (χ3v) is 3.90. The lowest BCUT2D eigenvalue weighted by Crippen LogP contribution is -2.23. The van der Waals surface area contributed by atoms with Gasteiger partial charge in [-0.3, -0.25) is 0 Å². The Balaban J connectivity index is 2.25. The molecule has 1 atom stereocenters. The van der Waals surface area contributed by atoms with E-state index in [-0.39, 0.29) is 11.9 Å². The Bertz CT molecular complexity index is 571. The summed E-state index contributed by atoms with van der Waals surface area (Å²) in [4.78, 5) is 0. The molecule has 0 aliphatic rings. The fourth-order valence-corrected chi connectivity index (χ4v) is 2.70. The van der Waals surface area contributed by atoms with E-state index in [1.807, 2.05) is 37.3 Å². The van der Waals surface area contributed by atoms with Crippen LogP contribution < -0.4 is 5.32 Å². The van der Waals surface area contributed by atoms with Crippen molar-refractivity contribution >= 4 is 27.5 Å². The van der Waals surface area contributed by atoms with E-state index >= 15 is 0 Å². The van der Waals surface area contributed by atoms with Crippen LogP contribution in [0.2, 0.25) is 5.02 Å². The molecule has 0 radical (unpaired) electrons. The molecular weight excluding hydrogens is 341 g/mol. The first kappa shape index (κ1) is 15.5. The van der Waals surface area contributed by atoms with Crippen LogP contribution >= 0.6 is 27.5 Å². The lowest BCUT2D eigenvalue weighted by molar-refractivity contribution is 0.528. The molecule has 106 valence electrons. The topological polar surface area (TPSA) is 12.0 Å². The van der Waals surface area contributed by atoms with Crippen molar-refractivity contribution < 1.29 is 4.39 Å². The van der Waals surface area contributed by atoms with Gasteiger partial charge in [0.25, 0.3) is 0 Å². The van der Waals surface area contributed by atoms with Crippen molar-refractivity contribution in [3.8, 4) is 0 Å². The number of nitrogens with one attached hydrogen (secondary N) is 1. The van der Waals surface area contributed by atoms with E-state index in [1.54, 1.807) is 6.07 Å². The van der Waals surface area contributed by atoms with Gasteiger partial charge in [-0.25, -0.2) is 4.39 Å². The van der Waals surface area contributed by atoms with Crippen molar-refractivity contribution in [2.75, 3.05) is 6.54 Å². The second-order valence-electron chi connectivity index (χ2n) is 4.60. The second-order valence-corrected chi connectivity index (χ2v) is 5.95. The van der Waals surface area contributed by atoms with Crippen LogP contribution in [0.25, 0.3) is 0 Å². The predicted molar refractivity (Wildman–Crippen MR) is 85.7 cm³/mol. The maximum absolute atomic E-state index is 13.9. The molecule has 0 saturated heterocycles. The van der Waals surface area contributed by atoms with Gasteiger partial charge in [0.1, 0.15) is 5.82 Å². The van der Waals surface area contributed by atoms with Crippen molar-refractivity contribution in [3.05, 3.63) is 68.9 Å². The molecule has 1 N–H and O–H groups in total. The minimum atomic E-state index is -0.176. The summed E-state index contributed by atoms with van der Waals surface area (Å²) < 4.78 is 14.8. The number of benzene rings is 2. The zero-order valence-corrected chi connectivity index (χ0v) is 13.5. The van der Waals surface area contributed by atoms with Crippen molar-refractivity contribution in [2.45, 2.75) is 19.4 Å². The minimum Gasteiger partial charge on any atom is -0.310 e. The van der Waals surface area contributed by atoms with Gasteiger partial charge in [0.15, 0.2) is 0 Å². The summed E-state index contributed by atoms with van der Waals surface area (Å²) in [7, 11) is 0. The number of rotatable bonds is 5. The average Bonchev–Trinajstić information content (AvgIpc) is 2.43. The lowest BCUT2D eigenvalue weighted by atomic mass is 9.98. The van der Waals surface area contributed by atoms with Gasteiger partial charge >= 0.3 is 0 Å². The second kappa shape index (κ2) is 7.21. The zero-order chi connectivity index (χ0) is 14.5. The Morgan fingerprint density at radius 3 is 2.55 bits per heavy atom. The normalized spacial score (nSPS) is 12.4. The fraction of sp³-hybridized carbons (Fsp3) is 0.250. The first-order valence-corrected chi connectivity index (χ1v) is 7.70. The molecule has 2 aromatic rings. The van der Waals surface area contributed by atoms with Gasteiger partial charge in [0, 0.05) is 15.5 Å². The molecule has 0 amide bonds. The van der Waals surface area contributed by atoms with Gasteiger partial charge in [0.2, 0.25) is 0 Å². The van der Waals surface area contributed by atoms with Gasteiger partial charge in [-0.15, -0.1) is 0 Å². The Morgan fingerprint density at radius 1 is 1.20 bits per heavy atom. The maximum Gasteiger partial charge on any atom is 0.126 e. The molecule has 20 heavy (non-hydrogen) atoms. The van der Waals surface area contributed by atoms with Crippen LogP contribution in [0.5, 0.6) is 0 Å². The smallest absolute Gasteiger partial charge is 0.126 e. The molecular formula is C16H16BrClFN.